The van der Waals surface area contributed by atoms with E-state index in [1.165, 1.54) is 0 Å². The number of nitrogens with two attached hydrogens (primary N) is 1. The first-order chi connectivity index (χ1) is 9.54. The molecule has 0 bridgehead atoms. The number of hydrogen-bond donors (Lipinski definition) is 2. The summed E-state index contributed by atoms with van der Waals surface area (Å²) in [6.45, 7) is 0.185. The second-order valence-electron chi connectivity index (χ2n) is 4.67. The number of nitrogens with zero attached hydrogens (tertiary/aromatic N) is 2. The summed E-state index contributed by atoms with van der Waals surface area (Å²) in [7, 11) is 0. The molecule has 20 heavy (non-hydrogen) atoms. The maximum absolute atomic E-state index is 10.8. The highest BCUT2D eigenvalue weighted by atomic mass is 35.5. The van der Waals surface area contributed by atoms with Crippen molar-refractivity contribution in [1.82, 2.24) is 9.55 Å². The minimum absolute atomic E-state index is 0.185. The SMILES string of the molecule is N[C@H](Cn1cnc2cc3cc(Cl)ccc3cc21)C(=O)O. The summed E-state index contributed by atoms with van der Waals surface area (Å²) in [4.78, 5) is 15.1. The molecule has 3 rings (SSSR count). The van der Waals surface area contributed by atoms with E-state index in [1.807, 2.05) is 30.3 Å². The van der Waals surface area contributed by atoms with Crippen molar-refractivity contribution in [3.63, 3.8) is 0 Å². The molecule has 1 atom stereocenters. The Balaban J connectivity index is 2.12. The molecule has 0 aliphatic heterocycles. The highest BCUT2D eigenvalue weighted by molar-refractivity contribution is 6.31. The number of hydrogen-bond acceptors (Lipinski definition) is 3. The van der Waals surface area contributed by atoms with Crippen LogP contribution in [0.1, 0.15) is 0 Å². The maximum atomic E-state index is 10.8. The third kappa shape index (κ3) is 2.21. The summed E-state index contributed by atoms with van der Waals surface area (Å²) in [5.74, 6) is -1.03. The second-order valence-corrected chi connectivity index (χ2v) is 5.11. The van der Waals surface area contributed by atoms with Crippen molar-refractivity contribution in [1.29, 1.82) is 0 Å². The van der Waals surface area contributed by atoms with Crippen LogP contribution in [-0.4, -0.2) is 26.7 Å². The fourth-order valence-corrected chi connectivity index (χ4v) is 2.39. The Morgan fingerprint density at radius 3 is 2.90 bits per heavy atom. The first-order valence-corrected chi connectivity index (χ1v) is 6.45. The number of benzene rings is 2. The highest BCUT2D eigenvalue weighted by Crippen LogP contribution is 2.24. The van der Waals surface area contributed by atoms with Crippen molar-refractivity contribution >= 4 is 39.4 Å². The van der Waals surface area contributed by atoms with Crippen LogP contribution < -0.4 is 5.73 Å². The molecule has 0 spiro atoms. The van der Waals surface area contributed by atoms with Crippen LogP contribution >= 0.6 is 11.6 Å². The molecule has 1 aromatic heterocycles. The van der Waals surface area contributed by atoms with Gasteiger partial charge >= 0.3 is 5.97 Å². The number of aromatic nitrogens is 2. The van der Waals surface area contributed by atoms with Crippen LogP contribution in [0.5, 0.6) is 0 Å². The van der Waals surface area contributed by atoms with Gasteiger partial charge in [0.2, 0.25) is 0 Å². The Kier molecular flexibility index (Phi) is 3.08. The highest BCUT2D eigenvalue weighted by Gasteiger charge is 2.14. The van der Waals surface area contributed by atoms with E-state index in [2.05, 4.69) is 4.98 Å². The van der Waals surface area contributed by atoms with Gasteiger partial charge in [-0.15, -0.1) is 0 Å². The predicted molar refractivity (Wildman–Crippen MR) is 77.9 cm³/mol. The van der Waals surface area contributed by atoms with Gasteiger partial charge in [-0.05, 0) is 35.0 Å². The second kappa shape index (κ2) is 4.77. The molecule has 0 saturated heterocycles. The third-order valence-corrected chi connectivity index (χ3v) is 3.49. The van der Waals surface area contributed by atoms with Crippen molar-refractivity contribution in [2.24, 2.45) is 5.73 Å². The zero-order chi connectivity index (χ0) is 14.3. The Morgan fingerprint density at radius 1 is 1.35 bits per heavy atom. The van der Waals surface area contributed by atoms with Gasteiger partial charge in [-0.1, -0.05) is 17.7 Å². The van der Waals surface area contributed by atoms with Gasteiger partial charge in [0.15, 0.2) is 0 Å². The van der Waals surface area contributed by atoms with Crippen LogP contribution in [0.3, 0.4) is 0 Å². The zero-order valence-corrected chi connectivity index (χ0v) is 11.2. The molecule has 2 aromatic carbocycles. The molecule has 1 heterocycles. The van der Waals surface area contributed by atoms with Gasteiger partial charge < -0.3 is 15.4 Å². The topological polar surface area (TPSA) is 81.1 Å². The molecular formula is C14H12ClN3O2. The van der Waals surface area contributed by atoms with Crippen molar-refractivity contribution in [2.75, 3.05) is 0 Å². The van der Waals surface area contributed by atoms with Crippen LogP contribution in [0.2, 0.25) is 5.02 Å². The summed E-state index contributed by atoms with van der Waals surface area (Å²) in [6.07, 6.45) is 1.61. The van der Waals surface area contributed by atoms with E-state index in [9.17, 15) is 4.79 Å². The van der Waals surface area contributed by atoms with Crippen LogP contribution in [-0.2, 0) is 11.3 Å². The minimum atomic E-state index is -1.03. The fourth-order valence-electron chi connectivity index (χ4n) is 2.21. The lowest BCUT2D eigenvalue weighted by molar-refractivity contribution is -0.138. The molecule has 0 aliphatic rings. The number of imidazole rings is 1. The van der Waals surface area contributed by atoms with E-state index in [0.717, 1.165) is 21.8 Å². The Morgan fingerprint density at radius 2 is 2.15 bits per heavy atom. The molecule has 3 aromatic rings. The largest absolute Gasteiger partial charge is 0.480 e. The average molecular weight is 290 g/mol. The smallest absolute Gasteiger partial charge is 0.322 e. The number of carboxylic acid groups (broad SMARTS) is 1. The van der Waals surface area contributed by atoms with Gasteiger partial charge in [0.25, 0.3) is 0 Å². The summed E-state index contributed by atoms with van der Waals surface area (Å²) in [5.41, 5.74) is 7.21. The third-order valence-electron chi connectivity index (χ3n) is 3.25. The van der Waals surface area contributed by atoms with Crippen LogP contribution in [0, 0.1) is 0 Å². The Bertz CT molecular complexity index is 813. The van der Waals surface area contributed by atoms with E-state index in [4.69, 9.17) is 22.4 Å². The summed E-state index contributed by atoms with van der Waals surface area (Å²) in [6, 6.07) is 8.55. The molecule has 0 amide bonds. The van der Waals surface area contributed by atoms with E-state index >= 15 is 0 Å². The van der Waals surface area contributed by atoms with Crippen LogP contribution in [0.25, 0.3) is 21.8 Å². The molecule has 0 fully saturated rings. The molecule has 0 saturated carbocycles. The Labute approximate surface area is 119 Å². The predicted octanol–water partition coefficient (Wildman–Crippen LogP) is 2.25. The van der Waals surface area contributed by atoms with Gasteiger partial charge in [-0.25, -0.2) is 4.98 Å². The van der Waals surface area contributed by atoms with Crippen molar-refractivity contribution in [3.8, 4) is 0 Å². The monoisotopic (exact) mass is 289 g/mol. The van der Waals surface area contributed by atoms with Crippen LogP contribution in [0.15, 0.2) is 36.7 Å². The quantitative estimate of drug-likeness (QED) is 0.775. The van der Waals surface area contributed by atoms with Gasteiger partial charge in [-0.2, -0.15) is 0 Å². The summed E-state index contributed by atoms with van der Waals surface area (Å²) < 4.78 is 1.75. The van der Waals surface area contributed by atoms with Crippen molar-refractivity contribution in [2.45, 2.75) is 12.6 Å². The Hall–Kier alpha value is -2.11. The van der Waals surface area contributed by atoms with Crippen molar-refractivity contribution in [3.05, 3.63) is 41.7 Å². The molecular weight excluding hydrogens is 278 g/mol. The molecule has 5 nitrogen and oxygen atoms in total. The molecule has 102 valence electrons. The molecule has 0 unspecified atom stereocenters. The van der Waals surface area contributed by atoms with Gasteiger partial charge in [0.1, 0.15) is 6.04 Å². The van der Waals surface area contributed by atoms with Gasteiger partial charge in [0, 0.05) is 5.02 Å². The summed E-state index contributed by atoms with van der Waals surface area (Å²) >= 11 is 5.97. The number of fused-ring (bicyclic) bond motifs is 2. The lowest BCUT2D eigenvalue weighted by atomic mass is 10.1. The number of halogens is 1. The van der Waals surface area contributed by atoms with E-state index in [1.54, 1.807) is 10.9 Å². The number of carboxylic acids is 1. The minimum Gasteiger partial charge on any atom is -0.480 e. The molecule has 3 N–H and O–H groups in total. The van der Waals surface area contributed by atoms with E-state index in [0.29, 0.717) is 5.02 Å². The first kappa shape index (κ1) is 12.9. The molecule has 6 heteroatoms. The maximum Gasteiger partial charge on any atom is 0.322 e. The molecule has 0 aliphatic carbocycles. The zero-order valence-electron chi connectivity index (χ0n) is 10.5. The van der Waals surface area contributed by atoms with Gasteiger partial charge in [0.05, 0.1) is 23.9 Å². The van der Waals surface area contributed by atoms with Crippen LogP contribution in [0.4, 0.5) is 0 Å². The standard InChI is InChI=1S/C14H12ClN3O2/c15-10-2-1-8-5-13-12(4-9(8)3-10)17-7-18(13)6-11(16)14(19)20/h1-5,7,11H,6,16H2,(H,19,20)/t11-/m1/s1. The van der Waals surface area contributed by atoms with Gasteiger partial charge in [-0.3, -0.25) is 4.79 Å². The van der Waals surface area contributed by atoms with E-state index < -0.39 is 12.0 Å². The average Bonchev–Trinajstić information content (AvgIpc) is 2.78. The number of rotatable bonds is 3. The lowest BCUT2D eigenvalue weighted by Gasteiger charge is -2.08. The van der Waals surface area contributed by atoms with Crippen molar-refractivity contribution < 1.29 is 9.90 Å². The normalized spacial score (nSPS) is 12.9. The summed E-state index contributed by atoms with van der Waals surface area (Å²) in [5, 5.41) is 11.6. The number of aliphatic carboxylic acids is 1. The molecule has 0 radical (unpaired) electrons. The fraction of sp³-hybridized carbons (Fsp3) is 0.143. The lowest BCUT2D eigenvalue weighted by Crippen LogP contribution is -2.34. The van der Waals surface area contributed by atoms with E-state index in [-0.39, 0.29) is 6.54 Å². The number of carbonyl (C=O) groups is 1. The first-order valence-electron chi connectivity index (χ1n) is 6.07.